The van der Waals surface area contributed by atoms with Crippen LogP contribution < -0.4 is 0 Å². The van der Waals surface area contributed by atoms with Gasteiger partial charge >= 0.3 is 11.9 Å². The molecule has 0 unspecified atom stereocenters. The molecule has 3 N–H and O–H groups in total. The minimum atomic E-state index is -1.84. The number of carboxylic acids is 1. The number of carbonyl (C=O) groups is 2. The Labute approximate surface area is 230 Å². The number of ether oxygens (including phenoxy) is 1. The number of esters is 1. The highest BCUT2D eigenvalue weighted by Crippen LogP contribution is 2.56. The Morgan fingerprint density at radius 3 is 1.56 bits per heavy atom. The number of aromatic carboxylic acids is 1. The van der Waals surface area contributed by atoms with Crippen LogP contribution in [0, 0.1) is 0 Å². The van der Waals surface area contributed by atoms with Gasteiger partial charge in [0.1, 0.15) is 11.5 Å². The number of hydrogen-bond acceptors (Lipinski definition) is 5. The first-order chi connectivity index (χ1) is 18.8. The predicted molar refractivity (Wildman–Crippen MR) is 151 cm³/mol. The van der Waals surface area contributed by atoms with Crippen LogP contribution in [-0.2, 0) is 36.0 Å². The third kappa shape index (κ3) is 4.66. The zero-order chi connectivity index (χ0) is 28.3. The zero-order valence-corrected chi connectivity index (χ0v) is 23.3. The Kier molecular flexibility index (Phi) is 8.34. The Morgan fingerprint density at radius 1 is 0.692 bits per heavy atom. The summed E-state index contributed by atoms with van der Waals surface area (Å²) < 4.78 is 6.36. The molecule has 3 aromatic carbocycles. The second kappa shape index (κ2) is 11.5. The van der Waals surface area contributed by atoms with Gasteiger partial charge in [0.2, 0.25) is 0 Å². The molecular weight excluding hydrogens is 492 g/mol. The van der Waals surface area contributed by atoms with Gasteiger partial charge in [-0.2, -0.15) is 0 Å². The van der Waals surface area contributed by atoms with Gasteiger partial charge in [0.25, 0.3) is 0 Å². The molecule has 0 aliphatic carbocycles. The number of aryl methyl sites for hydroxylation is 4. The Hall–Kier alpha value is -3.80. The molecule has 0 radical (unpaired) electrons. The maximum Gasteiger partial charge on any atom is 0.340 e. The van der Waals surface area contributed by atoms with Crippen LogP contribution in [0.4, 0.5) is 0 Å². The molecule has 0 fully saturated rings. The van der Waals surface area contributed by atoms with E-state index in [1.165, 1.54) is 12.1 Å². The number of hydrogen-bond donors (Lipinski definition) is 3. The monoisotopic (exact) mass is 530 g/mol. The number of fused-ring (bicyclic) bond motifs is 1. The minimum Gasteiger partial charge on any atom is -0.507 e. The van der Waals surface area contributed by atoms with Gasteiger partial charge in [-0.15, -0.1) is 0 Å². The fraction of sp³-hybridized carbons (Fsp3) is 0.394. The van der Waals surface area contributed by atoms with E-state index in [4.69, 9.17) is 4.74 Å². The first kappa shape index (κ1) is 28.2. The van der Waals surface area contributed by atoms with Crippen molar-refractivity contribution in [2.24, 2.45) is 0 Å². The molecule has 0 atom stereocenters. The Balaban J connectivity index is 2.30. The lowest BCUT2D eigenvalue weighted by atomic mass is 9.71. The number of cyclic esters (lactones) is 1. The van der Waals surface area contributed by atoms with Crippen molar-refractivity contribution < 1.29 is 29.6 Å². The number of carbonyl (C=O) groups excluding carboxylic acids is 1. The molecule has 6 heteroatoms. The standard InChI is InChI=1S/C33H38O6/c1-5-10-20-16-18-22(12-7-3)29(34)26(20)33(27-21(11-6-2)17-19-23(13-8-4)30(27)35)28-24(31(36)37)14-9-15-25(28)32(38)39-33/h9,14-19,34-35H,5-8,10-13H2,1-4H3,(H,36,37). The Morgan fingerprint density at radius 2 is 1.13 bits per heavy atom. The summed E-state index contributed by atoms with van der Waals surface area (Å²) in [5.74, 6) is -1.94. The van der Waals surface area contributed by atoms with Crippen molar-refractivity contribution in [3.8, 4) is 11.5 Å². The largest absolute Gasteiger partial charge is 0.507 e. The van der Waals surface area contributed by atoms with E-state index in [2.05, 4.69) is 0 Å². The summed E-state index contributed by atoms with van der Waals surface area (Å²) in [4.78, 5) is 26.3. The summed E-state index contributed by atoms with van der Waals surface area (Å²) in [6.45, 7) is 8.07. The topological polar surface area (TPSA) is 104 Å². The van der Waals surface area contributed by atoms with Crippen LogP contribution in [0.1, 0.15) is 113 Å². The third-order valence-corrected chi connectivity index (χ3v) is 7.59. The second-order valence-electron chi connectivity index (χ2n) is 10.3. The average Bonchev–Trinajstić information content (AvgIpc) is 3.20. The molecule has 1 aliphatic rings. The molecule has 0 aromatic heterocycles. The van der Waals surface area contributed by atoms with Crippen LogP contribution in [0.3, 0.4) is 0 Å². The third-order valence-electron chi connectivity index (χ3n) is 7.59. The molecule has 0 amide bonds. The van der Waals surface area contributed by atoms with Gasteiger partial charge in [-0.25, -0.2) is 9.59 Å². The average molecular weight is 531 g/mol. The lowest BCUT2D eigenvalue weighted by molar-refractivity contribution is 0.0228. The summed E-state index contributed by atoms with van der Waals surface area (Å²) in [5.41, 5.74) is 1.91. The highest BCUT2D eigenvalue weighted by molar-refractivity contribution is 6.02. The van der Waals surface area contributed by atoms with E-state index in [1.54, 1.807) is 6.07 Å². The normalized spacial score (nSPS) is 13.8. The summed E-state index contributed by atoms with van der Waals surface area (Å²) in [6.07, 6.45) is 5.37. The summed E-state index contributed by atoms with van der Waals surface area (Å²) in [6, 6.07) is 12.2. The molecule has 0 saturated heterocycles. The molecule has 0 saturated carbocycles. The van der Waals surface area contributed by atoms with Crippen molar-refractivity contribution in [1.82, 2.24) is 0 Å². The van der Waals surface area contributed by atoms with E-state index in [0.717, 1.165) is 36.8 Å². The van der Waals surface area contributed by atoms with Gasteiger partial charge in [0.05, 0.1) is 22.3 Å². The SMILES string of the molecule is CCCc1ccc(CCC)c(C2(c3c(CCC)ccc(CCC)c3O)OC(=O)c3cccc(C(=O)O)c32)c1O. The lowest BCUT2D eigenvalue weighted by Crippen LogP contribution is -2.34. The van der Waals surface area contributed by atoms with E-state index in [1.807, 2.05) is 52.0 Å². The van der Waals surface area contributed by atoms with Crippen molar-refractivity contribution in [2.45, 2.75) is 84.7 Å². The molecule has 3 aromatic rings. The van der Waals surface area contributed by atoms with Gasteiger partial charge in [-0.05, 0) is 60.1 Å². The number of rotatable bonds is 11. The first-order valence-corrected chi connectivity index (χ1v) is 14.0. The van der Waals surface area contributed by atoms with Crippen LogP contribution in [-0.4, -0.2) is 27.3 Å². The molecule has 0 bridgehead atoms. The van der Waals surface area contributed by atoms with E-state index in [0.29, 0.717) is 47.9 Å². The summed E-state index contributed by atoms with van der Waals surface area (Å²) >= 11 is 0. The molecule has 6 nitrogen and oxygen atoms in total. The fourth-order valence-corrected chi connectivity index (χ4v) is 6.04. The lowest BCUT2D eigenvalue weighted by Gasteiger charge is -2.36. The van der Waals surface area contributed by atoms with Crippen LogP contribution in [0.15, 0.2) is 42.5 Å². The predicted octanol–water partition coefficient (Wildman–Crippen LogP) is 7.07. The highest BCUT2D eigenvalue weighted by Gasteiger charge is 2.55. The molecule has 1 heterocycles. The zero-order valence-electron chi connectivity index (χ0n) is 23.3. The summed E-state index contributed by atoms with van der Waals surface area (Å²) in [7, 11) is 0. The molecule has 4 rings (SSSR count). The highest BCUT2D eigenvalue weighted by atomic mass is 16.6. The number of aromatic hydroxyl groups is 2. The number of carboxylic acid groups (broad SMARTS) is 1. The van der Waals surface area contributed by atoms with Crippen molar-refractivity contribution in [2.75, 3.05) is 0 Å². The van der Waals surface area contributed by atoms with E-state index in [9.17, 15) is 24.9 Å². The quantitative estimate of drug-likeness (QED) is 0.229. The van der Waals surface area contributed by atoms with Crippen LogP contribution in [0.5, 0.6) is 11.5 Å². The number of phenolic OH excluding ortho intramolecular Hbond substituents is 2. The maximum absolute atomic E-state index is 13.6. The first-order valence-electron chi connectivity index (χ1n) is 14.0. The second-order valence-corrected chi connectivity index (χ2v) is 10.3. The minimum absolute atomic E-state index is 0.0219. The Bertz CT molecular complexity index is 1340. The fourth-order valence-electron chi connectivity index (χ4n) is 6.04. The van der Waals surface area contributed by atoms with E-state index >= 15 is 0 Å². The van der Waals surface area contributed by atoms with Crippen LogP contribution >= 0.6 is 0 Å². The number of phenols is 2. The van der Waals surface area contributed by atoms with Gasteiger partial charge in [0, 0.05) is 5.56 Å². The molecule has 1 aliphatic heterocycles. The van der Waals surface area contributed by atoms with Gasteiger partial charge in [-0.1, -0.05) is 83.7 Å². The van der Waals surface area contributed by atoms with Crippen molar-refractivity contribution >= 4 is 11.9 Å². The molecule has 39 heavy (non-hydrogen) atoms. The van der Waals surface area contributed by atoms with Crippen molar-refractivity contribution in [1.29, 1.82) is 0 Å². The summed E-state index contributed by atoms with van der Waals surface area (Å²) in [5, 5.41) is 34.2. The van der Waals surface area contributed by atoms with Crippen LogP contribution in [0.2, 0.25) is 0 Å². The number of benzene rings is 3. The molecule has 206 valence electrons. The van der Waals surface area contributed by atoms with E-state index < -0.39 is 17.5 Å². The molecular formula is C33H38O6. The molecule has 0 spiro atoms. The van der Waals surface area contributed by atoms with Gasteiger partial charge in [0.15, 0.2) is 5.60 Å². The van der Waals surface area contributed by atoms with Gasteiger partial charge in [-0.3, -0.25) is 0 Å². The van der Waals surface area contributed by atoms with Gasteiger partial charge < -0.3 is 20.1 Å². The van der Waals surface area contributed by atoms with Crippen molar-refractivity contribution in [3.63, 3.8) is 0 Å². The van der Waals surface area contributed by atoms with Crippen molar-refractivity contribution in [3.05, 3.63) is 92.5 Å². The van der Waals surface area contributed by atoms with E-state index in [-0.39, 0.29) is 28.2 Å². The van der Waals surface area contributed by atoms with Crippen LogP contribution in [0.25, 0.3) is 0 Å². The maximum atomic E-state index is 13.6. The smallest absolute Gasteiger partial charge is 0.340 e.